The number of amides is 1. The first-order valence-corrected chi connectivity index (χ1v) is 30.5. The molecule has 0 aromatic rings. The number of aliphatic hydroxyl groups excluding tert-OH is 5. The highest BCUT2D eigenvalue weighted by molar-refractivity contribution is 5.80. The molecule has 0 spiro atoms. The molecule has 1 aliphatic heterocycles. The van der Waals surface area contributed by atoms with Crippen molar-refractivity contribution in [3.63, 3.8) is 0 Å². The second-order valence-corrected chi connectivity index (χ2v) is 21.5. The van der Waals surface area contributed by atoms with E-state index in [9.17, 15) is 35.1 Å². The Labute approximate surface area is 436 Å². The third-order valence-corrected chi connectivity index (χ3v) is 14.7. The van der Waals surface area contributed by atoms with Crippen LogP contribution in [0.2, 0.25) is 0 Å². The molecule has 0 radical (unpaired) electrons. The summed E-state index contributed by atoms with van der Waals surface area (Å²) in [5.41, 5.74) is 0. The van der Waals surface area contributed by atoms with E-state index in [2.05, 4.69) is 26.1 Å². The summed E-state index contributed by atoms with van der Waals surface area (Å²) in [7, 11) is 0. The first-order chi connectivity index (χ1) is 34.7. The Morgan fingerprint density at radius 3 is 1.32 bits per heavy atom. The van der Waals surface area contributed by atoms with Crippen LogP contribution in [0, 0.1) is 0 Å². The van der Waals surface area contributed by atoms with Gasteiger partial charge in [0, 0.05) is 6.42 Å². The van der Waals surface area contributed by atoms with E-state index in [0.29, 0.717) is 19.3 Å². The Balaban J connectivity index is 2.66. The molecule has 1 aliphatic rings. The summed E-state index contributed by atoms with van der Waals surface area (Å²) in [6.07, 6.45) is 43.9. The minimum absolute atomic E-state index is 0.131. The van der Waals surface area contributed by atoms with E-state index in [-0.39, 0.29) is 13.0 Å². The van der Waals surface area contributed by atoms with E-state index in [4.69, 9.17) is 14.2 Å². The van der Waals surface area contributed by atoms with Gasteiger partial charge < -0.3 is 45.1 Å². The lowest BCUT2D eigenvalue weighted by Gasteiger charge is -2.41. The summed E-state index contributed by atoms with van der Waals surface area (Å²) in [5.74, 6) is -1.18. The molecular formula is C60H115NO10. The number of unbranched alkanes of at least 4 members (excludes halogenated alkanes) is 38. The number of hydrogen-bond acceptors (Lipinski definition) is 10. The SMILES string of the molecule is CCCCCCCCCCC/C=C/C(O)C(COC1OC(CO)C(O)C(O)C1OC(=O)CCCCCCCCCCCCCCCCCCC)NC(=O)C(O)CCCCCCCCCCCCCCCC. The fourth-order valence-corrected chi connectivity index (χ4v) is 9.83. The minimum atomic E-state index is -1.61. The molecule has 1 saturated heterocycles. The van der Waals surface area contributed by atoms with Gasteiger partial charge in [0.1, 0.15) is 24.4 Å². The third-order valence-electron chi connectivity index (χ3n) is 14.7. The second kappa shape index (κ2) is 49.3. The topological polar surface area (TPSA) is 175 Å². The molecule has 0 aromatic heterocycles. The Kier molecular flexibility index (Phi) is 46.8. The van der Waals surface area contributed by atoms with Crippen LogP contribution in [0.25, 0.3) is 0 Å². The van der Waals surface area contributed by atoms with E-state index in [0.717, 1.165) is 57.8 Å². The van der Waals surface area contributed by atoms with Gasteiger partial charge in [-0.25, -0.2) is 0 Å². The van der Waals surface area contributed by atoms with Crippen LogP contribution < -0.4 is 5.32 Å². The van der Waals surface area contributed by atoms with Gasteiger partial charge >= 0.3 is 5.97 Å². The lowest BCUT2D eigenvalue weighted by atomic mass is 9.99. The van der Waals surface area contributed by atoms with Crippen molar-refractivity contribution in [1.82, 2.24) is 5.32 Å². The number of carbonyl (C=O) groups excluding carboxylic acids is 2. The van der Waals surface area contributed by atoms with Crippen LogP contribution in [-0.4, -0.2) is 99.6 Å². The zero-order chi connectivity index (χ0) is 51.8. The van der Waals surface area contributed by atoms with Crippen LogP contribution in [-0.2, 0) is 23.8 Å². The molecule has 1 amide bonds. The van der Waals surface area contributed by atoms with Crippen molar-refractivity contribution in [2.75, 3.05) is 13.2 Å². The van der Waals surface area contributed by atoms with Gasteiger partial charge in [-0.1, -0.05) is 277 Å². The molecule has 6 N–H and O–H groups in total. The van der Waals surface area contributed by atoms with Crippen LogP contribution >= 0.6 is 0 Å². The molecule has 420 valence electrons. The molecule has 0 bridgehead atoms. The van der Waals surface area contributed by atoms with Gasteiger partial charge in [0.15, 0.2) is 12.4 Å². The average Bonchev–Trinajstić information content (AvgIpc) is 3.37. The van der Waals surface area contributed by atoms with Crippen LogP contribution in [0.4, 0.5) is 0 Å². The van der Waals surface area contributed by atoms with Crippen LogP contribution in [0.3, 0.4) is 0 Å². The fourth-order valence-electron chi connectivity index (χ4n) is 9.83. The van der Waals surface area contributed by atoms with Gasteiger partial charge in [0.25, 0.3) is 0 Å². The number of nitrogens with one attached hydrogen (secondary N) is 1. The summed E-state index contributed by atoms with van der Waals surface area (Å²) in [5, 5.41) is 56.9. The van der Waals surface area contributed by atoms with Crippen molar-refractivity contribution in [3.05, 3.63) is 12.2 Å². The number of esters is 1. The quantitative estimate of drug-likeness (QED) is 0.0195. The lowest BCUT2D eigenvalue weighted by molar-refractivity contribution is -0.305. The van der Waals surface area contributed by atoms with E-state index < -0.39 is 67.4 Å². The maximum absolute atomic E-state index is 13.4. The first-order valence-electron chi connectivity index (χ1n) is 30.5. The molecular weight excluding hydrogens is 895 g/mol. The van der Waals surface area contributed by atoms with Gasteiger partial charge in [-0.2, -0.15) is 0 Å². The van der Waals surface area contributed by atoms with Crippen molar-refractivity contribution < 1.29 is 49.3 Å². The maximum atomic E-state index is 13.4. The molecule has 11 nitrogen and oxygen atoms in total. The number of aliphatic hydroxyl groups is 5. The predicted molar refractivity (Wildman–Crippen MR) is 292 cm³/mol. The Morgan fingerprint density at radius 1 is 0.535 bits per heavy atom. The molecule has 1 fully saturated rings. The Morgan fingerprint density at radius 2 is 0.915 bits per heavy atom. The molecule has 8 unspecified atom stereocenters. The minimum Gasteiger partial charge on any atom is -0.454 e. The largest absolute Gasteiger partial charge is 0.454 e. The highest BCUT2D eigenvalue weighted by atomic mass is 16.7. The zero-order valence-electron chi connectivity index (χ0n) is 46.4. The predicted octanol–water partition coefficient (Wildman–Crippen LogP) is 14.0. The van der Waals surface area contributed by atoms with E-state index in [1.165, 1.54) is 193 Å². The maximum Gasteiger partial charge on any atom is 0.306 e. The molecule has 1 heterocycles. The average molecular weight is 1010 g/mol. The number of hydrogen-bond donors (Lipinski definition) is 6. The highest BCUT2D eigenvalue weighted by Gasteiger charge is 2.47. The van der Waals surface area contributed by atoms with E-state index >= 15 is 0 Å². The molecule has 0 saturated carbocycles. The normalized spacial score (nSPS) is 19.6. The second-order valence-electron chi connectivity index (χ2n) is 21.5. The van der Waals surface area contributed by atoms with Crippen molar-refractivity contribution in [2.45, 2.75) is 346 Å². The van der Waals surface area contributed by atoms with Crippen LogP contribution in [0.15, 0.2) is 12.2 Å². The van der Waals surface area contributed by atoms with Crippen LogP contribution in [0.5, 0.6) is 0 Å². The number of ether oxygens (including phenoxy) is 3. The molecule has 8 atom stereocenters. The standard InChI is InChI=1S/C60H115NO10/c1-4-7-10-13-16-19-22-24-26-27-28-30-33-36-39-42-45-48-55(65)71-58-57(67)56(66)54(49-62)70-60(58)69-50-51(52(63)46-43-40-37-34-31-21-18-15-12-9-6-3)61-59(68)53(64)47-44-41-38-35-32-29-25-23-20-17-14-11-8-5-2/h43,46,51-54,56-58,60,62-64,66-67H,4-42,44-45,47-50H2,1-3H3,(H,61,68)/b46-43+. The first kappa shape index (κ1) is 67.4. The van der Waals surface area contributed by atoms with Gasteiger partial charge in [-0.05, 0) is 25.7 Å². The number of allylic oxidation sites excluding steroid dienone is 1. The summed E-state index contributed by atoms with van der Waals surface area (Å²) < 4.78 is 17.6. The molecule has 11 heteroatoms. The van der Waals surface area contributed by atoms with Gasteiger partial charge in [0.2, 0.25) is 5.91 Å². The monoisotopic (exact) mass is 1010 g/mol. The van der Waals surface area contributed by atoms with Gasteiger partial charge in [-0.15, -0.1) is 0 Å². The van der Waals surface area contributed by atoms with Gasteiger partial charge in [0.05, 0.1) is 25.4 Å². The molecule has 71 heavy (non-hydrogen) atoms. The third kappa shape index (κ3) is 37.7. The van der Waals surface area contributed by atoms with Crippen molar-refractivity contribution in [1.29, 1.82) is 0 Å². The van der Waals surface area contributed by atoms with Crippen molar-refractivity contribution in [3.8, 4) is 0 Å². The number of carbonyl (C=O) groups is 2. The molecule has 1 rings (SSSR count). The summed E-state index contributed by atoms with van der Waals surface area (Å²) >= 11 is 0. The van der Waals surface area contributed by atoms with E-state index in [1.54, 1.807) is 6.08 Å². The summed E-state index contributed by atoms with van der Waals surface area (Å²) in [6, 6.07) is -1.01. The molecule has 0 aromatic carbocycles. The van der Waals surface area contributed by atoms with Crippen molar-refractivity contribution >= 4 is 11.9 Å². The fraction of sp³-hybridized carbons (Fsp3) is 0.933. The Hall–Kier alpha value is -1.60. The van der Waals surface area contributed by atoms with Crippen molar-refractivity contribution in [2.24, 2.45) is 0 Å². The molecule has 0 aliphatic carbocycles. The van der Waals surface area contributed by atoms with Gasteiger partial charge in [-0.3, -0.25) is 9.59 Å². The Bertz CT molecular complexity index is 1210. The highest BCUT2D eigenvalue weighted by Crippen LogP contribution is 2.26. The smallest absolute Gasteiger partial charge is 0.306 e. The summed E-state index contributed by atoms with van der Waals surface area (Å²) in [4.78, 5) is 26.5. The van der Waals surface area contributed by atoms with Crippen LogP contribution in [0.1, 0.15) is 297 Å². The zero-order valence-corrected chi connectivity index (χ0v) is 46.4. The van der Waals surface area contributed by atoms with E-state index in [1.807, 2.05) is 6.08 Å². The lowest BCUT2D eigenvalue weighted by Crippen LogP contribution is -2.61. The number of rotatable bonds is 52. The summed E-state index contributed by atoms with van der Waals surface area (Å²) in [6.45, 7) is 5.81.